The summed E-state index contributed by atoms with van der Waals surface area (Å²) in [5, 5.41) is 4.51. The second-order valence-corrected chi connectivity index (χ2v) is 9.80. The summed E-state index contributed by atoms with van der Waals surface area (Å²) >= 11 is 6.37. The van der Waals surface area contributed by atoms with Gasteiger partial charge in [-0.05, 0) is 98.0 Å². The second kappa shape index (κ2) is 11.6. The second-order valence-electron chi connectivity index (χ2n) is 9.39. The van der Waals surface area contributed by atoms with Crippen LogP contribution < -0.4 is 5.32 Å². The van der Waals surface area contributed by atoms with Crippen LogP contribution in [0.2, 0.25) is 5.02 Å². The van der Waals surface area contributed by atoms with Crippen LogP contribution in [0.4, 0.5) is 17.6 Å². The van der Waals surface area contributed by atoms with Gasteiger partial charge in [-0.25, -0.2) is 4.39 Å². The van der Waals surface area contributed by atoms with Crippen molar-refractivity contribution in [1.82, 2.24) is 5.32 Å². The summed E-state index contributed by atoms with van der Waals surface area (Å²) in [7, 11) is 0. The fourth-order valence-electron chi connectivity index (χ4n) is 5.15. The fourth-order valence-corrected chi connectivity index (χ4v) is 5.44. The van der Waals surface area contributed by atoms with E-state index in [4.69, 9.17) is 11.6 Å². The van der Waals surface area contributed by atoms with Gasteiger partial charge in [-0.1, -0.05) is 54.1 Å². The van der Waals surface area contributed by atoms with Gasteiger partial charge in [0.1, 0.15) is 5.82 Å². The first-order valence-corrected chi connectivity index (χ1v) is 12.6. The monoisotopic (exact) mass is 503 g/mol. The molecule has 1 saturated carbocycles. The van der Waals surface area contributed by atoms with Crippen molar-refractivity contribution < 1.29 is 17.6 Å². The molecular weight excluding hydrogens is 474 g/mol. The Morgan fingerprint density at radius 2 is 1.43 bits per heavy atom. The van der Waals surface area contributed by atoms with Crippen molar-refractivity contribution in [3.63, 3.8) is 0 Å². The molecular formula is C29H30ClF4N. The third-order valence-electron chi connectivity index (χ3n) is 7.09. The van der Waals surface area contributed by atoms with Crippen LogP contribution in [0.3, 0.4) is 0 Å². The summed E-state index contributed by atoms with van der Waals surface area (Å²) in [5.74, 6) is 0.0916. The zero-order chi connectivity index (χ0) is 24.8. The first kappa shape index (κ1) is 25.7. The van der Waals surface area contributed by atoms with Crippen LogP contribution >= 0.6 is 11.6 Å². The number of benzene rings is 3. The van der Waals surface area contributed by atoms with Gasteiger partial charge in [0.05, 0.1) is 5.56 Å². The van der Waals surface area contributed by atoms with Gasteiger partial charge in [-0.15, -0.1) is 0 Å². The van der Waals surface area contributed by atoms with Crippen molar-refractivity contribution in [2.24, 2.45) is 0 Å². The highest BCUT2D eigenvalue weighted by Gasteiger charge is 2.30. The first-order chi connectivity index (χ1) is 16.8. The number of rotatable bonds is 8. The van der Waals surface area contributed by atoms with Gasteiger partial charge in [0, 0.05) is 17.0 Å². The minimum atomic E-state index is -4.36. The Kier molecular flexibility index (Phi) is 8.51. The maximum absolute atomic E-state index is 13.5. The van der Waals surface area contributed by atoms with Gasteiger partial charge < -0.3 is 5.32 Å². The predicted octanol–water partition coefficient (Wildman–Crippen LogP) is 8.73. The largest absolute Gasteiger partial charge is 0.416 e. The molecule has 0 spiro atoms. The van der Waals surface area contributed by atoms with Gasteiger partial charge in [-0.2, -0.15) is 13.2 Å². The maximum Gasteiger partial charge on any atom is 0.416 e. The highest BCUT2D eigenvalue weighted by atomic mass is 35.5. The molecule has 1 atom stereocenters. The van der Waals surface area contributed by atoms with E-state index in [1.165, 1.54) is 17.7 Å². The third-order valence-corrected chi connectivity index (χ3v) is 7.43. The molecule has 1 aliphatic rings. The van der Waals surface area contributed by atoms with E-state index in [2.05, 4.69) is 11.4 Å². The molecule has 1 aliphatic carbocycles. The molecule has 3 aromatic rings. The normalized spacial score (nSPS) is 19.5. The molecule has 35 heavy (non-hydrogen) atoms. The van der Waals surface area contributed by atoms with Crippen LogP contribution in [0.5, 0.6) is 0 Å². The van der Waals surface area contributed by atoms with Gasteiger partial charge in [0.25, 0.3) is 0 Å². The topological polar surface area (TPSA) is 12.0 Å². The lowest BCUT2D eigenvalue weighted by Crippen LogP contribution is -2.33. The molecule has 1 nitrogen and oxygen atoms in total. The predicted molar refractivity (Wildman–Crippen MR) is 133 cm³/mol. The van der Waals surface area contributed by atoms with Crippen molar-refractivity contribution >= 4 is 11.6 Å². The third kappa shape index (κ3) is 6.86. The van der Waals surface area contributed by atoms with E-state index in [0.29, 0.717) is 12.0 Å². The highest BCUT2D eigenvalue weighted by Crippen LogP contribution is 2.37. The molecule has 1 unspecified atom stereocenters. The SMILES string of the molecule is Fc1ccc(C(CCCNC2CCC(c3ccccc3Cl)CC2)c2ccc(C(F)(F)F)cc2)cc1. The van der Waals surface area contributed by atoms with Crippen LogP contribution in [0.15, 0.2) is 72.8 Å². The number of nitrogens with one attached hydrogen (secondary N) is 1. The molecule has 0 bridgehead atoms. The summed E-state index contributed by atoms with van der Waals surface area (Å²) in [6, 6.07) is 20.1. The Balaban J connectivity index is 1.32. The Morgan fingerprint density at radius 1 is 0.829 bits per heavy atom. The summed E-state index contributed by atoms with van der Waals surface area (Å²) in [6.45, 7) is 0.833. The van der Waals surface area contributed by atoms with E-state index in [9.17, 15) is 17.6 Å². The lowest BCUT2D eigenvalue weighted by Gasteiger charge is -2.30. The van der Waals surface area contributed by atoms with E-state index in [1.54, 1.807) is 24.3 Å². The fraction of sp³-hybridized carbons (Fsp3) is 0.379. The van der Waals surface area contributed by atoms with Crippen molar-refractivity contribution in [2.45, 2.75) is 62.6 Å². The molecule has 1 fully saturated rings. The van der Waals surface area contributed by atoms with Crippen LogP contribution in [0.1, 0.15) is 72.6 Å². The highest BCUT2D eigenvalue weighted by molar-refractivity contribution is 6.31. The molecule has 0 aromatic heterocycles. The lowest BCUT2D eigenvalue weighted by atomic mass is 9.81. The average Bonchev–Trinajstić information content (AvgIpc) is 2.85. The molecule has 0 amide bonds. The smallest absolute Gasteiger partial charge is 0.314 e. The van der Waals surface area contributed by atoms with E-state index >= 15 is 0 Å². The van der Waals surface area contributed by atoms with Crippen molar-refractivity contribution in [3.8, 4) is 0 Å². The number of alkyl halides is 3. The van der Waals surface area contributed by atoms with Gasteiger partial charge >= 0.3 is 6.18 Å². The van der Waals surface area contributed by atoms with E-state index in [0.717, 1.165) is 73.4 Å². The Morgan fingerprint density at radius 3 is 2.03 bits per heavy atom. The molecule has 3 aromatic carbocycles. The minimum Gasteiger partial charge on any atom is -0.314 e. The molecule has 6 heteroatoms. The van der Waals surface area contributed by atoms with Crippen LogP contribution in [0.25, 0.3) is 0 Å². The zero-order valence-electron chi connectivity index (χ0n) is 19.5. The Hall–Kier alpha value is -2.37. The molecule has 0 radical (unpaired) electrons. The summed E-state index contributed by atoms with van der Waals surface area (Å²) in [5.41, 5.74) is 2.30. The Labute approximate surface area is 209 Å². The molecule has 0 aliphatic heterocycles. The van der Waals surface area contributed by atoms with E-state index < -0.39 is 11.7 Å². The van der Waals surface area contributed by atoms with Crippen molar-refractivity contribution in [3.05, 3.63) is 106 Å². The molecule has 186 valence electrons. The summed E-state index contributed by atoms with van der Waals surface area (Å²) in [4.78, 5) is 0. The molecule has 4 rings (SSSR count). The van der Waals surface area contributed by atoms with Gasteiger partial charge in [0.15, 0.2) is 0 Å². The molecule has 1 N–H and O–H groups in total. The number of halogens is 5. The number of hydrogen-bond acceptors (Lipinski definition) is 1. The quantitative estimate of drug-likeness (QED) is 0.239. The van der Waals surface area contributed by atoms with E-state index in [1.807, 2.05) is 18.2 Å². The van der Waals surface area contributed by atoms with Crippen molar-refractivity contribution in [2.75, 3.05) is 6.54 Å². The average molecular weight is 504 g/mol. The molecule has 0 heterocycles. The van der Waals surface area contributed by atoms with Gasteiger partial charge in [-0.3, -0.25) is 0 Å². The maximum atomic E-state index is 13.5. The minimum absolute atomic E-state index is 0.0874. The van der Waals surface area contributed by atoms with Crippen molar-refractivity contribution in [1.29, 1.82) is 0 Å². The zero-order valence-corrected chi connectivity index (χ0v) is 20.3. The summed E-state index contributed by atoms with van der Waals surface area (Å²) < 4.78 is 52.5. The first-order valence-electron chi connectivity index (χ1n) is 12.2. The van der Waals surface area contributed by atoms with Crippen LogP contribution in [-0.4, -0.2) is 12.6 Å². The van der Waals surface area contributed by atoms with Crippen LogP contribution in [-0.2, 0) is 6.18 Å². The lowest BCUT2D eigenvalue weighted by molar-refractivity contribution is -0.137. The molecule has 0 saturated heterocycles. The Bertz CT molecular complexity index is 1070. The van der Waals surface area contributed by atoms with E-state index in [-0.39, 0.29) is 11.7 Å². The van der Waals surface area contributed by atoms with Gasteiger partial charge in [0.2, 0.25) is 0 Å². The standard InChI is InChI=1S/C29H30ClF4N/c30-28-6-2-1-4-27(28)22-11-17-25(18-12-22)35-19-3-5-26(21-9-15-24(31)16-10-21)20-7-13-23(14-8-20)29(32,33)34/h1-2,4,6-10,13-16,22,25-26,35H,3,5,11-12,17-19H2. The van der Waals surface area contributed by atoms with Crippen LogP contribution in [0, 0.1) is 5.82 Å². The summed E-state index contributed by atoms with van der Waals surface area (Å²) in [6.07, 6.45) is 1.66. The number of hydrogen-bond donors (Lipinski definition) is 1.